The Labute approximate surface area is 224 Å². The SMILES string of the molecule is Cc1cc(Nc2ncnc3ccc(NC(=O)C=CC4CCCN4C)cc23)ccc1Oc1cnn2cnnc2c1. The van der Waals surface area contributed by atoms with Gasteiger partial charge in [0.05, 0.1) is 11.7 Å². The molecule has 1 aliphatic rings. The van der Waals surface area contributed by atoms with Crippen molar-refractivity contribution in [2.45, 2.75) is 25.8 Å². The number of amides is 1. The number of hydrogen-bond acceptors (Lipinski definition) is 9. The average molecular weight is 522 g/mol. The van der Waals surface area contributed by atoms with Gasteiger partial charge in [-0.1, -0.05) is 6.08 Å². The third-order valence-corrected chi connectivity index (χ3v) is 6.75. The van der Waals surface area contributed by atoms with E-state index in [2.05, 4.69) is 47.8 Å². The molecule has 2 aromatic carbocycles. The monoisotopic (exact) mass is 521 g/mol. The van der Waals surface area contributed by atoms with Crippen LogP contribution in [0.2, 0.25) is 0 Å². The first-order valence-corrected chi connectivity index (χ1v) is 12.7. The van der Waals surface area contributed by atoms with Crippen molar-refractivity contribution in [1.82, 2.24) is 34.7 Å². The Kier molecular flexibility index (Phi) is 6.55. The number of carbonyl (C=O) groups excluding carboxylic acids is 1. The summed E-state index contributed by atoms with van der Waals surface area (Å²) in [6, 6.07) is 13.4. The lowest BCUT2D eigenvalue weighted by Crippen LogP contribution is -2.23. The van der Waals surface area contributed by atoms with Crippen molar-refractivity contribution in [3.8, 4) is 11.5 Å². The Hall–Kier alpha value is -4.90. The molecule has 196 valence electrons. The quantitative estimate of drug-likeness (QED) is 0.298. The summed E-state index contributed by atoms with van der Waals surface area (Å²) in [5.74, 6) is 1.74. The summed E-state index contributed by atoms with van der Waals surface area (Å²) >= 11 is 0. The van der Waals surface area contributed by atoms with Crippen LogP contribution in [0.4, 0.5) is 17.2 Å². The number of aryl methyl sites for hydroxylation is 1. The number of fused-ring (bicyclic) bond motifs is 2. The maximum absolute atomic E-state index is 12.6. The molecule has 2 N–H and O–H groups in total. The molecule has 0 radical (unpaired) electrons. The second kappa shape index (κ2) is 10.5. The number of hydrogen-bond donors (Lipinski definition) is 2. The molecule has 1 saturated heterocycles. The van der Waals surface area contributed by atoms with Crippen LogP contribution in [-0.2, 0) is 4.79 Å². The lowest BCUT2D eigenvalue weighted by atomic mass is 10.1. The van der Waals surface area contributed by atoms with E-state index in [0.29, 0.717) is 34.7 Å². The minimum atomic E-state index is -0.161. The summed E-state index contributed by atoms with van der Waals surface area (Å²) in [7, 11) is 2.08. The molecule has 1 aliphatic heterocycles. The van der Waals surface area contributed by atoms with Crippen LogP contribution < -0.4 is 15.4 Å². The third kappa shape index (κ3) is 5.39. The highest BCUT2D eigenvalue weighted by molar-refractivity contribution is 6.02. The van der Waals surface area contributed by atoms with Crippen molar-refractivity contribution in [1.29, 1.82) is 0 Å². The molecule has 6 rings (SSSR count). The predicted octanol–water partition coefficient (Wildman–Crippen LogP) is 4.50. The Morgan fingerprint density at radius 1 is 1.13 bits per heavy atom. The fourth-order valence-corrected chi connectivity index (χ4v) is 4.66. The van der Waals surface area contributed by atoms with Crippen molar-refractivity contribution < 1.29 is 9.53 Å². The maximum atomic E-state index is 12.6. The van der Waals surface area contributed by atoms with Gasteiger partial charge in [-0.3, -0.25) is 9.69 Å². The van der Waals surface area contributed by atoms with Crippen molar-refractivity contribution in [3.05, 3.63) is 79.0 Å². The van der Waals surface area contributed by atoms with Gasteiger partial charge in [0.25, 0.3) is 0 Å². The summed E-state index contributed by atoms with van der Waals surface area (Å²) in [6.07, 6.45) is 10.5. The molecule has 1 amide bonds. The second-order valence-electron chi connectivity index (χ2n) is 9.53. The van der Waals surface area contributed by atoms with Gasteiger partial charge in [-0.05, 0) is 75.3 Å². The molecule has 0 bridgehead atoms. The second-order valence-corrected chi connectivity index (χ2v) is 9.53. The number of nitrogens with one attached hydrogen (secondary N) is 2. The minimum absolute atomic E-state index is 0.161. The molecular formula is C28H27N9O2. The molecule has 39 heavy (non-hydrogen) atoms. The highest BCUT2D eigenvalue weighted by Crippen LogP contribution is 2.30. The van der Waals surface area contributed by atoms with E-state index in [-0.39, 0.29) is 5.91 Å². The van der Waals surface area contributed by atoms with Gasteiger partial charge in [0.1, 0.15) is 24.2 Å². The predicted molar refractivity (Wildman–Crippen MR) is 148 cm³/mol. The number of nitrogens with zero attached hydrogens (tertiary/aromatic N) is 7. The van der Waals surface area contributed by atoms with E-state index in [9.17, 15) is 4.79 Å². The zero-order valence-corrected chi connectivity index (χ0v) is 21.6. The number of likely N-dealkylation sites (tertiary alicyclic amines) is 1. The summed E-state index contributed by atoms with van der Waals surface area (Å²) in [5, 5.41) is 19.2. The largest absolute Gasteiger partial charge is 0.455 e. The zero-order chi connectivity index (χ0) is 26.8. The molecule has 1 fully saturated rings. The van der Waals surface area contributed by atoms with Crippen LogP contribution >= 0.6 is 0 Å². The molecule has 11 nitrogen and oxygen atoms in total. The minimum Gasteiger partial charge on any atom is -0.455 e. The molecule has 3 aromatic heterocycles. The maximum Gasteiger partial charge on any atom is 0.248 e. The van der Waals surface area contributed by atoms with Gasteiger partial charge in [0.2, 0.25) is 5.91 Å². The van der Waals surface area contributed by atoms with E-state index in [0.717, 1.165) is 41.5 Å². The average Bonchev–Trinajstić information content (AvgIpc) is 3.57. The Balaban J connectivity index is 1.18. The summed E-state index contributed by atoms with van der Waals surface area (Å²) in [5.41, 5.74) is 3.80. The molecule has 0 spiro atoms. The van der Waals surface area contributed by atoms with Gasteiger partial charge >= 0.3 is 0 Å². The van der Waals surface area contributed by atoms with Gasteiger partial charge in [-0.2, -0.15) is 5.10 Å². The highest BCUT2D eigenvalue weighted by atomic mass is 16.5. The molecular weight excluding hydrogens is 494 g/mol. The number of anilines is 3. The molecule has 1 unspecified atom stereocenters. The van der Waals surface area contributed by atoms with Crippen LogP contribution in [0.3, 0.4) is 0 Å². The van der Waals surface area contributed by atoms with Gasteiger partial charge in [-0.25, -0.2) is 14.5 Å². The van der Waals surface area contributed by atoms with Gasteiger partial charge in [0, 0.05) is 34.9 Å². The van der Waals surface area contributed by atoms with Crippen molar-refractivity contribution >= 4 is 39.6 Å². The standard InChI is InChI=1S/C28H27N9O2/c1-18-12-19(6-9-25(18)39-22-14-26-35-31-17-37(26)32-15-22)34-28-23-13-20(5-8-24(23)29-16-30-28)33-27(38)10-7-21-4-3-11-36(21)2/h5-10,12-17,21H,3-4,11H2,1-2H3,(H,33,38)(H,29,30,34). The highest BCUT2D eigenvalue weighted by Gasteiger charge is 2.18. The Morgan fingerprint density at radius 3 is 2.87 bits per heavy atom. The molecule has 0 saturated carbocycles. The van der Waals surface area contributed by atoms with E-state index < -0.39 is 0 Å². The first kappa shape index (κ1) is 24.4. The van der Waals surface area contributed by atoms with Gasteiger partial charge in [0.15, 0.2) is 11.4 Å². The van der Waals surface area contributed by atoms with Gasteiger partial charge < -0.3 is 15.4 Å². The smallest absolute Gasteiger partial charge is 0.248 e. The molecule has 11 heteroatoms. The summed E-state index contributed by atoms with van der Waals surface area (Å²) < 4.78 is 7.60. The third-order valence-electron chi connectivity index (χ3n) is 6.75. The number of ether oxygens (including phenoxy) is 1. The van der Waals surface area contributed by atoms with E-state index in [1.54, 1.807) is 22.9 Å². The first-order valence-electron chi connectivity index (χ1n) is 12.7. The van der Waals surface area contributed by atoms with E-state index >= 15 is 0 Å². The van der Waals surface area contributed by atoms with E-state index in [1.807, 2.05) is 49.4 Å². The number of likely N-dealkylation sites (N-methyl/N-ethyl adjacent to an activating group) is 1. The molecule has 4 heterocycles. The van der Waals surface area contributed by atoms with Crippen LogP contribution in [0.25, 0.3) is 16.6 Å². The van der Waals surface area contributed by atoms with Crippen LogP contribution in [0.5, 0.6) is 11.5 Å². The normalized spacial score (nSPS) is 15.8. The Bertz CT molecular complexity index is 1700. The van der Waals surface area contributed by atoms with Crippen LogP contribution in [-0.4, -0.2) is 60.2 Å². The zero-order valence-electron chi connectivity index (χ0n) is 21.6. The summed E-state index contributed by atoms with van der Waals surface area (Å²) in [6.45, 7) is 3.02. The topological polar surface area (TPSA) is 122 Å². The number of benzene rings is 2. The fraction of sp³-hybridized carbons (Fsp3) is 0.214. The lowest BCUT2D eigenvalue weighted by Gasteiger charge is -2.14. The van der Waals surface area contributed by atoms with Crippen molar-refractivity contribution in [3.63, 3.8) is 0 Å². The van der Waals surface area contributed by atoms with Crippen molar-refractivity contribution in [2.75, 3.05) is 24.2 Å². The molecule has 1 atom stereocenters. The first-order chi connectivity index (χ1) is 19.0. The van der Waals surface area contributed by atoms with Crippen LogP contribution in [0.15, 0.2) is 73.5 Å². The Morgan fingerprint density at radius 2 is 2.03 bits per heavy atom. The van der Waals surface area contributed by atoms with E-state index in [4.69, 9.17) is 4.74 Å². The van der Waals surface area contributed by atoms with Crippen LogP contribution in [0, 0.1) is 6.92 Å². The lowest BCUT2D eigenvalue weighted by molar-refractivity contribution is -0.111. The number of rotatable bonds is 7. The number of carbonyl (C=O) groups is 1. The van der Waals surface area contributed by atoms with Crippen LogP contribution in [0.1, 0.15) is 18.4 Å². The fourth-order valence-electron chi connectivity index (χ4n) is 4.66. The summed E-state index contributed by atoms with van der Waals surface area (Å²) in [4.78, 5) is 23.6. The van der Waals surface area contributed by atoms with E-state index in [1.165, 1.54) is 12.7 Å². The van der Waals surface area contributed by atoms with Gasteiger partial charge in [-0.15, -0.1) is 10.2 Å². The molecule has 5 aromatic rings. The molecule has 0 aliphatic carbocycles. The number of aromatic nitrogens is 6. The van der Waals surface area contributed by atoms with Crippen molar-refractivity contribution in [2.24, 2.45) is 0 Å².